The molecule has 0 aliphatic heterocycles. The fourth-order valence-electron chi connectivity index (χ4n) is 3.89. The third kappa shape index (κ3) is 3.00. The predicted octanol–water partition coefficient (Wildman–Crippen LogP) is 1.39. The molecule has 8 nitrogen and oxygen atoms in total. The van der Waals surface area contributed by atoms with Gasteiger partial charge < -0.3 is 9.67 Å². The number of rotatable bonds is 6. The Kier molecular flexibility index (Phi) is 4.87. The number of hydrogen-bond acceptors (Lipinski definition) is 4. The van der Waals surface area contributed by atoms with E-state index < -0.39 is 5.69 Å². The molecule has 0 fully saturated rings. The highest BCUT2D eigenvalue weighted by molar-refractivity contribution is 5.76. The first-order chi connectivity index (χ1) is 14.0. The van der Waals surface area contributed by atoms with Gasteiger partial charge in [-0.1, -0.05) is 30.3 Å². The molecule has 0 amide bonds. The van der Waals surface area contributed by atoms with E-state index >= 15 is 0 Å². The van der Waals surface area contributed by atoms with Gasteiger partial charge in [-0.05, 0) is 32.3 Å². The van der Waals surface area contributed by atoms with Crippen molar-refractivity contribution in [2.75, 3.05) is 6.61 Å². The molecule has 1 aromatic carbocycles. The zero-order valence-corrected chi connectivity index (χ0v) is 16.9. The highest BCUT2D eigenvalue weighted by Crippen LogP contribution is 2.21. The minimum Gasteiger partial charge on any atom is -0.396 e. The monoisotopic (exact) mass is 395 g/mol. The van der Waals surface area contributed by atoms with Gasteiger partial charge in [-0.3, -0.25) is 18.3 Å². The maximum Gasteiger partial charge on any atom is 0.332 e. The molecule has 0 saturated heterocycles. The zero-order valence-electron chi connectivity index (χ0n) is 16.9. The molecule has 152 valence electrons. The van der Waals surface area contributed by atoms with Crippen LogP contribution in [0.15, 0.2) is 39.9 Å². The Hall–Kier alpha value is -3.13. The molecule has 8 heteroatoms. The summed E-state index contributed by atoms with van der Waals surface area (Å²) in [5.41, 5.74) is 3.20. The van der Waals surface area contributed by atoms with Gasteiger partial charge in [0.25, 0.3) is 5.56 Å². The molecule has 0 unspecified atom stereocenters. The highest BCUT2D eigenvalue weighted by Gasteiger charge is 2.22. The Bertz CT molecular complexity index is 1310. The fourth-order valence-corrected chi connectivity index (χ4v) is 3.89. The largest absolute Gasteiger partial charge is 0.396 e. The second kappa shape index (κ2) is 7.36. The van der Waals surface area contributed by atoms with Crippen LogP contribution in [0.25, 0.3) is 16.9 Å². The summed E-state index contributed by atoms with van der Waals surface area (Å²) < 4.78 is 6.55. The van der Waals surface area contributed by atoms with E-state index in [4.69, 9.17) is 5.11 Å². The standard InChI is InChI=1S/C21H25N5O3/c1-14-15(2)26-17-18(23(3)21(29)25(19(17)28)11-7-13-27)22-20(26)24(14)12-10-16-8-5-4-6-9-16/h4-6,8-9,27H,7,10-13H2,1-3H3. The molecule has 3 heterocycles. The summed E-state index contributed by atoms with van der Waals surface area (Å²) in [6.45, 7) is 4.81. The van der Waals surface area contributed by atoms with E-state index in [0.717, 1.165) is 24.4 Å². The minimum atomic E-state index is -0.415. The lowest BCUT2D eigenvalue weighted by molar-refractivity contribution is 0.277. The molecule has 0 saturated carbocycles. The normalized spacial score (nSPS) is 11.7. The van der Waals surface area contributed by atoms with E-state index in [1.165, 1.54) is 14.7 Å². The van der Waals surface area contributed by atoms with Gasteiger partial charge in [0.2, 0.25) is 5.78 Å². The summed E-state index contributed by atoms with van der Waals surface area (Å²) in [6, 6.07) is 10.2. The van der Waals surface area contributed by atoms with Crippen molar-refractivity contribution in [3.05, 3.63) is 68.1 Å². The lowest BCUT2D eigenvalue weighted by Crippen LogP contribution is -2.39. The molecule has 0 radical (unpaired) electrons. The van der Waals surface area contributed by atoms with Crippen molar-refractivity contribution < 1.29 is 5.11 Å². The number of aromatic nitrogens is 5. The quantitative estimate of drug-likeness (QED) is 0.535. The molecular formula is C21H25N5O3. The second-order valence-corrected chi connectivity index (χ2v) is 7.35. The molecule has 4 aromatic rings. The number of benzene rings is 1. The highest BCUT2D eigenvalue weighted by atomic mass is 16.3. The van der Waals surface area contributed by atoms with Gasteiger partial charge in [0.1, 0.15) is 0 Å². The summed E-state index contributed by atoms with van der Waals surface area (Å²) in [6.07, 6.45) is 1.19. The number of aliphatic hydroxyl groups is 1. The van der Waals surface area contributed by atoms with Gasteiger partial charge in [-0.25, -0.2) is 4.79 Å². The molecule has 0 bridgehead atoms. The Morgan fingerprint density at radius 1 is 1.00 bits per heavy atom. The first-order valence-electron chi connectivity index (χ1n) is 9.78. The van der Waals surface area contributed by atoms with Gasteiger partial charge in [0.05, 0.1) is 0 Å². The Labute approximate surface area is 167 Å². The number of fused-ring (bicyclic) bond motifs is 3. The number of nitrogens with zero attached hydrogens (tertiary/aromatic N) is 5. The molecule has 29 heavy (non-hydrogen) atoms. The van der Waals surface area contributed by atoms with Crippen LogP contribution in [0, 0.1) is 13.8 Å². The molecule has 1 N–H and O–H groups in total. The van der Waals surface area contributed by atoms with Crippen LogP contribution in [0.4, 0.5) is 0 Å². The molecule has 0 aliphatic carbocycles. The number of imidazole rings is 2. The average Bonchev–Trinajstić information content (AvgIpc) is 3.22. The van der Waals surface area contributed by atoms with E-state index in [-0.39, 0.29) is 18.7 Å². The lowest BCUT2D eigenvalue weighted by atomic mass is 10.1. The summed E-state index contributed by atoms with van der Waals surface area (Å²) >= 11 is 0. The van der Waals surface area contributed by atoms with Crippen molar-refractivity contribution in [1.29, 1.82) is 0 Å². The third-order valence-corrected chi connectivity index (χ3v) is 5.64. The topological polar surface area (TPSA) is 86.5 Å². The van der Waals surface area contributed by atoms with Crippen LogP contribution in [0.3, 0.4) is 0 Å². The molecule has 3 aromatic heterocycles. The SMILES string of the molecule is Cc1c(C)n2c3c(=O)n(CCCO)c(=O)n(C)c3nc2n1CCc1ccccc1. The molecular weight excluding hydrogens is 370 g/mol. The van der Waals surface area contributed by atoms with Crippen molar-refractivity contribution >= 4 is 16.9 Å². The van der Waals surface area contributed by atoms with Crippen LogP contribution in [0.1, 0.15) is 23.4 Å². The summed E-state index contributed by atoms with van der Waals surface area (Å²) in [4.78, 5) is 30.5. The van der Waals surface area contributed by atoms with E-state index in [2.05, 4.69) is 21.7 Å². The molecule has 0 atom stereocenters. The van der Waals surface area contributed by atoms with E-state index in [0.29, 0.717) is 23.4 Å². The van der Waals surface area contributed by atoms with Gasteiger partial charge in [0.15, 0.2) is 11.2 Å². The van der Waals surface area contributed by atoms with E-state index in [1.54, 1.807) is 7.05 Å². The smallest absolute Gasteiger partial charge is 0.332 e. The first-order valence-corrected chi connectivity index (χ1v) is 9.78. The van der Waals surface area contributed by atoms with Gasteiger partial charge >= 0.3 is 5.69 Å². The van der Waals surface area contributed by atoms with Crippen molar-refractivity contribution in [2.24, 2.45) is 7.05 Å². The fraction of sp³-hybridized carbons (Fsp3) is 0.381. The Morgan fingerprint density at radius 3 is 2.41 bits per heavy atom. The number of hydrogen-bond donors (Lipinski definition) is 1. The average molecular weight is 395 g/mol. The zero-order chi connectivity index (χ0) is 20.7. The van der Waals surface area contributed by atoms with Crippen LogP contribution in [-0.4, -0.2) is 34.8 Å². The van der Waals surface area contributed by atoms with Crippen LogP contribution in [0.2, 0.25) is 0 Å². The second-order valence-electron chi connectivity index (χ2n) is 7.35. The maximum atomic E-state index is 13.1. The van der Waals surface area contributed by atoms with Crippen LogP contribution >= 0.6 is 0 Å². The van der Waals surface area contributed by atoms with Crippen LogP contribution in [0.5, 0.6) is 0 Å². The molecule has 0 spiro atoms. The van der Waals surface area contributed by atoms with Crippen LogP contribution < -0.4 is 11.2 Å². The Balaban J connectivity index is 1.92. The van der Waals surface area contributed by atoms with Crippen molar-refractivity contribution in [3.8, 4) is 0 Å². The summed E-state index contributed by atoms with van der Waals surface area (Å²) in [5.74, 6) is 0.665. The van der Waals surface area contributed by atoms with Gasteiger partial charge in [-0.2, -0.15) is 4.98 Å². The number of aryl methyl sites for hydroxylation is 4. The Morgan fingerprint density at radius 2 is 1.72 bits per heavy atom. The lowest BCUT2D eigenvalue weighted by Gasteiger charge is -2.08. The number of aliphatic hydroxyl groups excluding tert-OH is 1. The van der Waals surface area contributed by atoms with Crippen molar-refractivity contribution in [2.45, 2.75) is 39.8 Å². The van der Waals surface area contributed by atoms with Crippen molar-refractivity contribution in [1.82, 2.24) is 23.1 Å². The van der Waals surface area contributed by atoms with Gasteiger partial charge in [0, 0.05) is 38.1 Å². The predicted molar refractivity (Wildman–Crippen MR) is 112 cm³/mol. The summed E-state index contributed by atoms with van der Waals surface area (Å²) in [7, 11) is 1.63. The maximum absolute atomic E-state index is 13.1. The van der Waals surface area contributed by atoms with Gasteiger partial charge in [-0.15, -0.1) is 0 Å². The molecule has 0 aliphatic rings. The minimum absolute atomic E-state index is 0.0799. The first kappa shape index (κ1) is 19.2. The van der Waals surface area contributed by atoms with E-state index in [1.807, 2.05) is 36.4 Å². The molecule has 4 rings (SSSR count). The van der Waals surface area contributed by atoms with E-state index in [9.17, 15) is 9.59 Å². The summed E-state index contributed by atoms with van der Waals surface area (Å²) in [5, 5.41) is 9.12. The van der Waals surface area contributed by atoms with Crippen LogP contribution in [-0.2, 0) is 26.6 Å². The van der Waals surface area contributed by atoms with Crippen molar-refractivity contribution in [3.63, 3.8) is 0 Å². The third-order valence-electron chi connectivity index (χ3n) is 5.64.